The number of carbonyl (C=O) groups is 1. The van der Waals surface area contributed by atoms with E-state index in [1.54, 1.807) is 24.3 Å². The Morgan fingerprint density at radius 1 is 1.24 bits per heavy atom. The highest BCUT2D eigenvalue weighted by molar-refractivity contribution is 6.31. The normalized spacial score (nSPS) is 10.4. The van der Waals surface area contributed by atoms with Gasteiger partial charge in [0.15, 0.2) is 0 Å². The van der Waals surface area contributed by atoms with Gasteiger partial charge in [0.2, 0.25) is 5.91 Å². The van der Waals surface area contributed by atoms with E-state index in [1.807, 2.05) is 6.07 Å². The summed E-state index contributed by atoms with van der Waals surface area (Å²) in [7, 11) is 0. The Morgan fingerprint density at radius 3 is 2.71 bits per heavy atom. The Balaban J connectivity index is 1.85. The van der Waals surface area contributed by atoms with Crippen LogP contribution in [-0.2, 0) is 17.6 Å². The molecule has 2 rings (SSSR count). The van der Waals surface area contributed by atoms with Gasteiger partial charge < -0.3 is 10.4 Å². The molecule has 1 amide bonds. The van der Waals surface area contributed by atoms with E-state index in [0.29, 0.717) is 13.0 Å². The summed E-state index contributed by atoms with van der Waals surface area (Å²) in [5, 5.41) is 12.3. The molecule has 0 heterocycles. The van der Waals surface area contributed by atoms with Crippen LogP contribution in [0.4, 0.5) is 4.39 Å². The molecule has 0 aliphatic rings. The van der Waals surface area contributed by atoms with Gasteiger partial charge in [-0.2, -0.15) is 0 Å². The van der Waals surface area contributed by atoms with Gasteiger partial charge in [-0.3, -0.25) is 4.79 Å². The highest BCUT2D eigenvalue weighted by Gasteiger charge is 2.11. The molecule has 21 heavy (non-hydrogen) atoms. The Morgan fingerprint density at radius 2 is 2.00 bits per heavy atom. The molecule has 0 saturated carbocycles. The number of aromatic hydroxyl groups is 1. The maximum absolute atomic E-state index is 13.6. The van der Waals surface area contributed by atoms with Crippen molar-refractivity contribution in [3.05, 3.63) is 64.4 Å². The summed E-state index contributed by atoms with van der Waals surface area (Å²) in [6.07, 6.45) is 0.497. The number of nitrogens with one attached hydrogen (secondary N) is 1. The molecule has 0 atom stereocenters. The van der Waals surface area contributed by atoms with Gasteiger partial charge in [0.25, 0.3) is 0 Å². The molecule has 0 fully saturated rings. The lowest BCUT2D eigenvalue weighted by atomic mass is 10.1. The van der Waals surface area contributed by atoms with Gasteiger partial charge in [0.1, 0.15) is 11.6 Å². The summed E-state index contributed by atoms with van der Waals surface area (Å²) in [5.41, 5.74) is 1.12. The standard InChI is InChI=1S/C16H15ClFNO2/c17-14-5-2-6-15(18)13(14)10-16(21)19-8-7-11-3-1-4-12(20)9-11/h1-6,9,20H,7-8,10H2,(H,19,21). The Bertz CT molecular complexity index is 626. The van der Waals surface area contributed by atoms with Gasteiger partial charge in [0, 0.05) is 17.1 Å². The number of hydrogen-bond acceptors (Lipinski definition) is 2. The third kappa shape index (κ3) is 4.46. The summed E-state index contributed by atoms with van der Waals surface area (Å²) in [4.78, 5) is 11.8. The van der Waals surface area contributed by atoms with Gasteiger partial charge in [-0.1, -0.05) is 29.8 Å². The number of phenolic OH excluding ortho intramolecular Hbond substituents is 1. The SMILES string of the molecule is O=C(Cc1c(F)cccc1Cl)NCCc1cccc(O)c1. The smallest absolute Gasteiger partial charge is 0.224 e. The molecule has 2 N–H and O–H groups in total. The predicted molar refractivity (Wildman–Crippen MR) is 79.9 cm³/mol. The van der Waals surface area contributed by atoms with E-state index in [4.69, 9.17) is 11.6 Å². The molecule has 0 aliphatic heterocycles. The van der Waals surface area contributed by atoms with E-state index in [0.717, 1.165) is 5.56 Å². The summed E-state index contributed by atoms with van der Waals surface area (Å²) in [6, 6.07) is 11.2. The number of carbonyl (C=O) groups excluding carboxylic acids is 1. The summed E-state index contributed by atoms with van der Waals surface area (Å²) in [6.45, 7) is 0.411. The highest BCUT2D eigenvalue weighted by Crippen LogP contribution is 2.19. The van der Waals surface area contributed by atoms with Crippen LogP contribution in [0.15, 0.2) is 42.5 Å². The van der Waals surface area contributed by atoms with Gasteiger partial charge >= 0.3 is 0 Å². The van der Waals surface area contributed by atoms with Gasteiger partial charge in [-0.15, -0.1) is 0 Å². The third-order valence-corrected chi connectivity index (χ3v) is 3.40. The first-order chi connectivity index (χ1) is 10.1. The number of amides is 1. The van der Waals surface area contributed by atoms with E-state index in [2.05, 4.69) is 5.32 Å². The van der Waals surface area contributed by atoms with E-state index < -0.39 is 5.82 Å². The number of hydrogen-bond donors (Lipinski definition) is 2. The van der Waals surface area contributed by atoms with Gasteiger partial charge in [-0.25, -0.2) is 4.39 Å². The van der Waals surface area contributed by atoms with Gasteiger partial charge in [0.05, 0.1) is 6.42 Å². The van der Waals surface area contributed by atoms with Crippen molar-refractivity contribution in [3.8, 4) is 5.75 Å². The molecule has 110 valence electrons. The minimum absolute atomic E-state index is 0.0917. The lowest BCUT2D eigenvalue weighted by molar-refractivity contribution is -0.120. The van der Waals surface area contributed by atoms with E-state index >= 15 is 0 Å². The van der Waals surface area contributed by atoms with Crippen molar-refractivity contribution in [2.24, 2.45) is 0 Å². The molecule has 2 aromatic rings. The molecule has 3 nitrogen and oxygen atoms in total. The number of halogens is 2. The van der Waals surface area contributed by atoms with Crippen molar-refractivity contribution in [2.45, 2.75) is 12.8 Å². The van der Waals surface area contributed by atoms with Crippen LogP contribution in [0, 0.1) is 5.82 Å². The Hall–Kier alpha value is -2.07. The summed E-state index contributed by atoms with van der Waals surface area (Å²) >= 11 is 5.87. The fourth-order valence-corrected chi connectivity index (χ4v) is 2.21. The zero-order chi connectivity index (χ0) is 15.2. The maximum atomic E-state index is 13.6. The van der Waals surface area contributed by atoms with Crippen LogP contribution < -0.4 is 5.32 Å². The van der Waals surface area contributed by atoms with E-state index in [1.165, 1.54) is 12.1 Å². The predicted octanol–water partition coefficient (Wildman–Crippen LogP) is 3.09. The maximum Gasteiger partial charge on any atom is 0.224 e. The molecule has 0 radical (unpaired) electrons. The number of benzene rings is 2. The van der Waals surface area contributed by atoms with Crippen LogP contribution in [0.2, 0.25) is 5.02 Å². The van der Waals surface area contributed by atoms with Crippen LogP contribution in [0.5, 0.6) is 5.75 Å². The van der Waals surface area contributed by atoms with Crippen LogP contribution in [0.1, 0.15) is 11.1 Å². The minimum Gasteiger partial charge on any atom is -0.508 e. The van der Waals surface area contributed by atoms with Crippen LogP contribution in [-0.4, -0.2) is 17.6 Å². The van der Waals surface area contributed by atoms with Crippen molar-refractivity contribution in [1.29, 1.82) is 0 Å². The highest BCUT2D eigenvalue weighted by atomic mass is 35.5. The second kappa shape index (κ2) is 7.09. The molecule has 0 unspecified atom stereocenters. The zero-order valence-electron chi connectivity index (χ0n) is 11.3. The monoisotopic (exact) mass is 307 g/mol. The molecule has 5 heteroatoms. The first-order valence-corrected chi connectivity index (χ1v) is 6.91. The molecular formula is C16H15ClFNO2. The summed E-state index contributed by atoms with van der Waals surface area (Å²) in [5.74, 6) is -0.579. The first-order valence-electron chi connectivity index (χ1n) is 6.54. The average molecular weight is 308 g/mol. The Kier molecular flexibility index (Phi) is 5.17. The van der Waals surface area contributed by atoms with Crippen LogP contribution in [0.25, 0.3) is 0 Å². The first kappa shape index (κ1) is 15.3. The van der Waals surface area contributed by atoms with Crippen molar-refractivity contribution in [2.75, 3.05) is 6.54 Å². The molecule has 0 spiro atoms. The molecule has 0 bridgehead atoms. The molecule has 2 aromatic carbocycles. The fraction of sp³-hybridized carbons (Fsp3) is 0.188. The van der Waals surface area contributed by atoms with E-state index in [-0.39, 0.29) is 28.7 Å². The van der Waals surface area contributed by atoms with Crippen molar-refractivity contribution < 1.29 is 14.3 Å². The molecule has 0 aromatic heterocycles. The third-order valence-electron chi connectivity index (χ3n) is 3.05. The Labute approximate surface area is 127 Å². The quantitative estimate of drug-likeness (QED) is 0.892. The molecular weight excluding hydrogens is 293 g/mol. The average Bonchev–Trinajstić information content (AvgIpc) is 2.43. The lowest BCUT2D eigenvalue weighted by Gasteiger charge is -2.08. The second-order valence-corrected chi connectivity index (χ2v) is 5.05. The second-order valence-electron chi connectivity index (χ2n) is 4.65. The minimum atomic E-state index is -0.481. The topological polar surface area (TPSA) is 49.3 Å². The van der Waals surface area contributed by atoms with Crippen molar-refractivity contribution in [3.63, 3.8) is 0 Å². The zero-order valence-corrected chi connectivity index (χ0v) is 12.0. The lowest BCUT2D eigenvalue weighted by Crippen LogP contribution is -2.27. The van der Waals surface area contributed by atoms with E-state index in [9.17, 15) is 14.3 Å². The van der Waals surface area contributed by atoms with Crippen molar-refractivity contribution >= 4 is 17.5 Å². The number of phenols is 1. The van der Waals surface area contributed by atoms with Crippen molar-refractivity contribution in [1.82, 2.24) is 5.32 Å². The van der Waals surface area contributed by atoms with Crippen LogP contribution in [0.3, 0.4) is 0 Å². The number of rotatable bonds is 5. The van der Waals surface area contributed by atoms with Crippen LogP contribution >= 0.6 is 11.6 Å². The molecule has 0 aliphatic carbocycles. The largest absolute Gasteiger partial charge is 0.508 e. The summed E-state index contributed by atoms with van der Waals surface area (Å²) < 4.78 is 13.6. The van der Waals surface area contributed by atoms with Gasteiger partial charge in [-0.05, 0) is 36.2 Å². The fourth-order valence-electron chi connectivity index (χ4n) is 1.98. The molecule has 0 saturated heterocycles.